The van der Waals surface area contributed by atoms with Crippen LogP contribution in [-0.2, 0) is 19.1 Å². The predicted octanol–water partition coefficient (Wildman–Crippen LogP) is 2.82. The summed E-state index contributed by atoms with van der Waals surface area (Å²) in [6, 6.07) is 10.1. The second-order valence-corrected chi connectivity index (χ2v) is 7.88. The van der Waals surface area contributed by atoms with E-state index in [0.29, 0.717) is 34.3 Å². The minimum absolute atomic E-state index is 0.133. The van der Waals surface area contributed by atoms with Crippen LogP contribution in [0, 0.1) is 5.92 Å². The third kappa shape index (κ3) is 4.14. The van der Waals surface area contributed by atoms with E-state index in [1.54, 1.807) is 26.2 Å². The lowest BCUT2D eigenvalue weighted by Gasteiger charge is -2.38. The zero-order valence-electron chi connectivity index (χ0n) is 20.4. The van der Waals surface area contributed by atoms with E-state index in [2.05, 4.69) is 0 Å². The molecule has 1 amide bonds. The molecule has 0 spiro atoms. The first-order valence-corrected chi connectivity index (χ1v) is 11.2. The Morgan fingerprint density at radius 2 is 1.69 bits per heavy atom. The fraction of sp³-hybridized carbons (Fsp3) is 0.400. The number of fused-ring (bicyclic) bond motifs is 3. The van der Waals surface area contributed by atoms with Crippen molar-refractivity contribution in [2.45, 2.75) is 13.0 Å². The van der Waals surface area contributed by atoms with Crippen molar-refractivity contribution in [1.82, 2.24) is 9.55 Å². The van der Waals surface area contributed by atoms with Gasteiger partial charge in [0.1, 0.15) is 5.75 Å². The molecule has 10 nitrogen and oxygen atoms in total. The number of rotatable bonds is 9. The minimum Gasteiger partial charge on any atom is -0.496 e. The smallest absolute Gasteiger partial charge is 0.321 e. The van der Waals surface area contributed by atoms with Crippen molar-refractivity contribution < 1.29 is 33.3 Å². The van der Waals surface area contributed by atoms with Crippen LogP contribution < -0.4 is 19.1 Å². The van der Waals surface area contributed by atoms with Gasteiger partial charge in [-0.15, -0.1) is 0 Å². The minimum atomic E-state index is -1.19. The third-order valence-corrected chi connectivity index (χ3v) is 6.06. The maximum atomic E-state index is 13.9. The fourth-order valence-electron chi connectivity index (χ4n) is 4.50. The average Bonchev–Trinajstić information content (AvgIpc) is 3.26. The van der Waals surface area contributed by atoms with Crippen LogP contribution in [0.4, 0.5) is 5.95 Å². The molecule has 4 rings (SSSR count). The number of imidazole rings is 1. The molecule has 186 valence electrons. The van der Waals surface area contributed by atoms with Gasteiger partial charge in [-0.2, -0.15) is 0 Å². The van der Waals surface area contributed by atoms with Crippen molar-refractivity contribution in [2.24, 2.45) is 5.92 Å². The first-order chi connectivity index (χ1) is 17.0. The van der Waals surface area contributed by atoms with Crippen molar-refractivity contribution in [3.63, 3.8) is 0 Å². The summed E-state index contributed by atoms with van der Waals surface area (Å²) < 4.78 is 29.2. The maximum absolute atomic E-state index is 13.9. The third-order valence-electron chi connectivity index (χ3n) is 6.06. The quantitative estimate of drug-likeness (QED) is 0.338. The number of esters is 1. The molecule has 0 N–H and O–H groups in total. The lowest BCUT2D eigenvalue weighted by Crippen LogP contribution is -2.51. The van der Waals surface area contributed by atoms with Gasteiger partial charge in [-0.25, -0.2) is 4.98 Å². The number of hydrogen-bond acceptors (Lipinski definition) is 8. The van der Waals surface area contributed by atoms with Gasteiger partial charge >= 0.3 is 5.97 Å². The van der Waals surface area contributed by atoms with E-state index in [1.807, 2.05) is 28.8 Å². The van der Waals surface area contributed by atoms with Crippen LogP contribution >= 0.6 is 0 Å². The number of nitrogens with zero attached hydrogens (tertiary/aromatic N) is 3. The molecule has 1 aliphatic heterocycles. The van der Waals surface area contributed by atoms with Gasteiger partial charge in [0.15, 0.2) is 17.4 Å². The zero-order chi connectivity index (χ0) is 25.1. The van der Waals surface area contributed by atoms with Crippen molar-refractivity contribution in [1.29, 1.82) is 0 Å². The molecule has 2 heterocycles. The largest absolute Gasteiger partial charge is 0.496 e. The van der Waals surface area contributed by atoms with Crippen molar-refractivity contribution in [2.75, 3.05) is 53.1 Å². The summed E-state index contributed by atoms with van der Waals surface area (Å²) in [5, 5.41) is 0. The number of amides is 1. The molecule has 0 fully saturated rings. The van der Waals surface area contributed by atoms with E-state index in [9.17, 15) is 9.59 Å². The number of anilines is 1. The summed E-state index contributed by atoms with van der Waals surface area (Å²) in [4.78, 5) is 33.4. The van der Waals surface area contributed by atoms with Crippen LogP contribution in [0.15, 0.2) is 36.4 Å². The molecule has 0 saturated carbocycles. The normalized spacial score (nSPS) is 17.3. The van der Waals surface area contributed by atoms with E-state index in [-0.39, 0.29) is 19.8 Å². The summed E-state index contributed by atoms with van der Waals surface area (Å²) in [6.07, 6.45) is 0. The Hall–Kier alpha value is -3.79. The number of para-hydroxylation sites is 2. The van der Waals surface area contributed by atoms with E-state index in [4.69, 9.17) is 28.7 Å². The molecule has 1 aliphatic rings. The highest BCUT2D eigenvalue weighted by Crippen LogP contribution is 2.46. The van der Waals surface area contributed by atoms with Gasteiger partial charge in [0, 0.05) is 18.7 Å². The highest BCUT2D eigenvalue weighted by Gasteiger charge is 2.49. The first-order valence-electron chi connectivity index (χ1n) is 11.2. The van der Waals surface area contributed by atoms with E-state index in [0.717, 1.165) is 5.52 Å². The topological polar surface area (TPSA) is 101 Å². The standard InChI is InChI=1S/C25H29N3O7/c1-6-35-24(30)21-22(15-13-19(33-4)20(34-5)14-18(15)32-3)28-17-10-8-7-9-16(17)26-25(28)27(23(21)29)11-12-31-2/h7-10,13-14,21-22H,6,11-12H2,1-5H3/t21-,22+/m1/s1. The Labute approximate surface area is 203 Å². The Morgan fingerprint density at radius 1 is 1.00 bits per heavy atom. The second kappa shape index (κ2) is 10.2. The Bertz CT molecular complexity index is 1240. The van der Waals surface area contributed by atoms with Gasteiger partial charge < -0.3 is 28.3 Å². The molecule has 0 unspecified atom stereocenters. The number of hydrogen-bond donors (Lipinski definition) is 0. The lowest BCUT2D eigenvalue weighted by atomic mass is 9.88. The monoisotopic (exact) mass is 483 g/mol. The van der Waals surface area contributed by atoms with Gasteiger partial charge in [-0.3, -0.25) is 14.5 Å². The molecule has 0 saturated heterocycles. The molecular formula is C25H29N3O7. The van der Waals surface area contributed by atoms with Crippen LogP contribution in [0.1, 0.15) is 18.5 Å². The number of ether oxygens (including phenoxy) is 5. The number of carbonyl (C=O) groups is 2. The maximum Gasteiger partial charge on any atom is 0.321 e. The number of benzene rings is 2. The zero-order valence-corrected chi connectivity index (χ0v) is 20.4. The average molecular weight is 484 g/mol. The van der Waals surface area contributed by atoms with Crippen molar-refractivity contribution in [3.05, 3.63) is 42.0 Å². The summed E-state index contributed by atoms with van der Waals surface area (Å²) >= 11 is 0. The molecule has 0 bridgehead atoms. The van der Waals surface area contributed by atoms with Crippen molar-refractivity contribution in [3.8, 4) is 17.2 Å². The molecule has 0 radical (unpaired) electrons. The van der Waals surface area contributed by atoms with Crippen LogP contribution in [-0.4, -0.2) is 69.6 Å². The lowest BCUT2D eigenvalue weighted by molar-refractivity contribution is -0.153. The highest BCUT2D eigenvalue weighted by atomic mass is 16.5. The Balaban J connectivity index is 2.05. The van der Waals surface area contributed by atoms with Crippen LogP contribution in [0.5, 0.6) is 17.2 Å². The van der Waals surface area contributed by atoms with Gasteiger partial charge in [0.05, 0.1) is 58.2 Å². The van der Waals surface area contributed by atoms with Crippen molar-refractivity contribution >= 4 is 28.9 Å². The van der Waals surface area contributed by atoms with E-state index < -0.39 is 23.8 Å². The first kappa shape index (κ1) is 24.3. The second-order valence-electron chi connectivity index (χ2n) is 7.88. The molecule has 10 heteroatoms. The highest BCUT2D eigenvalue weighted by molar-refractivity contribution is 6.08. The molecule has 2 atom stereocenters. The molecule has 3 aromatic rings. The number of aromatic nitrogens is 2. The van der Waals surface area contributed by atoms with Gasteiger partial charge in [-0.1, -0.05) is 12.1 Å². The van der Waals surface area contributed by atoms with E-state index in [1.165, 1.54) is 26.2 Å². The Kier molecular flexibility index (Phi) is 7.11. The van der Waals surface area contributed by atoms with Gasteiger partial charge in [-0.05, 0) is 25.1 Å². The van der Waals surface area contributed by atoms with Gasteiger partial charge in [0.25, 0.3) is 0 Å². The number of carbonyl (C=O) groups excluding carboxylic acids is 2. The molecule has 0 aliphatic carbocycles. The number of methoxy groups -OCH3 is 4. The summed E-state index contributed by atoms with van der Waals surface area (Å²) in [5.74, 6) is -0.509. The molecule has 1 aromatic heterocycles. The summed E-state index contributed by atoms with van der Waals surface area (Å²) in [5.41, 5.74) is 2.01. The van der Waals surface area contributed by atoms with Crippen LogP contribution in [0.25, 0.3) is 11.0 Å². The fourth-order valence-corrected chi connectivity index (χ4v) is 4.50. The van der Waals surface area contributed by atoms with Crippen LogP contribution in [0.2, 0.25) is 0 Å². The predicted molar refractivity (Wildman–Crippen MR) is 128 cm³/mol. The molecule has 2 aromatic carbocycles. The SMILES string of the molecule is CCOC(=O)[C@H]1C(=O)N(CCOC)c2nc3ccccc3n2[C@H]1c1cc(OC)c(OC)cc1OC. The van der Waals surface area contributed by atoms with E-state index >= 15 is 0 Å². The summed E-state index contributed by atoms with van der Waals surface area (Å²) in [6.45, 7) is 2.34. The molecular weight excluding hydrogens is 454 g/mol. The van der Waals surface area contributed by atoms with Gasteiger partial charge in [0.2, 0.25) is 11.9 Å². The summed E-state index contributed by atoms with van der Waals surface area (Å²) in [7, 11) is 6.12. The molecule has 35 heavy (non-hydrogen) atoms. The Morgan fingerprint density at radius 3 is 2.34 bits per heavy atom. The van der Waals surface area contributed by atoms with Crippen LogP contribution in [0.3, 0.4) is 0 Å².